The molecule has 0 aliphatic carbocycles. The van der Waals surface area contributed by atoms with Crippen molar-refractivity contribution in [2.45, 2.75) is 25.6 Å². The number of hydrogen-bond acceptors (Lipinski definition) is 6. The van der Waals surface area contributed by atoms with E-state index in [0.29, 0.717) is 34.2 Å². The summed E-state index contributed by atoms with van der Waals surface area (Å²) in [5, 5.41) is 9.94. The van der Waals surface area contributed by atoms with Crippen LogP contribution < -0.4 is 5.32 Å². The normalized spacial score (nSPS) is 12.6. The molecule has 3 aromatic rings. The predicted octanol–water partition coefficient (Wildman–Crippen LogP) is 3.56. The molecule has 8 nitrogen and oxygen atoms in total. The number of nitrogens with zero attached hydrogens (tertiary/aromatic N) is 6. The Balaban J connectivity index is 1.85. The van der Waals surface area contributed by atoms with Gasteiger partial charge in [0.1, 0.15) is 11.5 Å². The first kappa shape index (κ1) is 24.9. The topological polar surface area (TPSA) is 88.8 Å². The average Bonchev–Trinajstić information content (AvgIpc) is 3.28. The first-order valence-electron chi connectivity index (χ1n) is 9.55. The van der Waals surface area contributed by atoms with E-state index in [0.717, 1.165) is 0 Å². The Labute approximate surface area is 187 Å². The fourth-order valence-corrected chi connectivity index (χ4v) is 2.94. The van der Waals surface area contributed by atoms with Gasteiger partial charge in [0.15, 0.2) is 5.82 Å². The van der Waals surface area contributed by atoms with Crippen molar-refractivity contribution in [1.29, 1.82) is 0 Å². The molecule has 182 valence electrons. The van der Waals surface area contributed by atoms with Gasteiger partial charge in [0, 0.05) is 31.0 Å². The summed E-state index contributed by atoms with van der Waals surface area (Å²) in [5.74, 6) is -3.71. The number of aromatic nitrogens is 5. The molecule has 0 saturated heterocycles. The van der Waals surface area contributed by atoms with Crippen LogP contribution in [0.5, 0.6) is 0 Å². The van der Waals surface area contributed by atoms with E-state index in [9.17, 15) is 35.5 Å². The summed E-state index contributed by atoms with van der Waals surface area (Å²) in [6.45, 7) is -0.0184. The van der Waals surface area contributed by atoms with E-state index in [1.54, 1.807) is 0 Å². The van der Waals surface area contributed by atoms with E-state index in [1.165, 1.54) is 19.3 Å². The number of nitrogens with one attached hydrogen (secondary N) is 1. The van der Waals surface area contributed by atoms with Gasteiger partial charge in [-0.15, -0.1) is 4.80 Å². The Morgan fingerprint density at radius 3 is 2.29 bits per heavy atom. The zero-order chi connectivity index (χ0) is 25.0. The quantitative estimate of drug-likeness (QED) is 0.485. The maximum absolute atomic E-state index is 14.5. The maximum atomic E-state index is 14.5. The Hall–Kier alpha value is -3.78. The number of carbonyl (C=O) groups excluding carboxylic acids is 1. The van der Waals surface area contributed by atoms with Crippen LogP contribution in [0.3, 0.4) is 0 Å². The van der Waals surface area contributed by atoms with Gasteiger partial charge in [0.25, 0.3) is 12.3 Å². The van der Waals surface area contributed by atoms with Gasteiger partial charge >= 0.3 is 6.18 Å². The summed E-state index contributed by atoms with van der Waals surface area (Å²) in [6.07, 6.45) is -4.25. The van der Waals surface area contributed by atoms with Crippen LogP contribution in [0.2, 0.25) is 0 Å². The monoisotopic (exact) mass is 491 g/mol. The highest BCUT2D eigenvalue weighted by Gasteiger charge is 2.32. The fraction of sp³-hybridized carbons (Fsp3) is 0.316. The highest BCUT2D eigenvalue weighted by molar-refractivity contribution is 5.98. The number of anilines is 1. The second-order valence-corrected chi connectivity index (χ2v) is 6.97. The molecule has 0 bridgehead atoms. The Morgan fingerprint density at radius 2 is 1.74 bits per heavy atom. The zero-order valence-electron chi connectivity index (χ0n) is 17.3. The third-order valence-corrected chi connectivity index (χ3v) is 4.54. The molecule has 1 N–H and O–H groups in total. The minimum absolute atomic E-state index is 0.248. The van der Waals surface area contributed by atoms with Crippen LogP contribution in [0.4, 0.5) is 36.7 Å². The van der Waals surface area contributed by atoms with Gasteiger partial charge in [-0.25, -0.2) is 27.5 Å². The molecule has 1 atom stereocenters. The van der Waals surface area contributed by atoms with E-state index in [-0.39, 0.29) is 12.5 Å². The highest BCUT2D eigenvalue weighted by atomic mass is 19.4. The predicted molar refractivity (Wildman–Crippen MR) is 103 cm³/mol. The van der Waals surface area contributed by atoms with Crippen LogP contribution in [0.15, 0.2) is 36.9 Å². The van der Waals surface area contributed by atoms with Gasteiger partial charge in [-0.05, 0) is 13.0 Å². The van der Waals surface area contributed by atoms with Crippen molar-refractivity contribution in [2.75, 3.05) is 18.4 Å². The Kier molecular flexibility index (Phi) is 7.32. The molecule has 0 aliphatic rings. The lowest BCUT2D eigenvalue weighted by Crippen LogP contribution is -2.45. The Morgan fingerprint density at radius 1 is 1.12 bits per heavy atom. The van der Waals surface area contributed by atoms with Gasteiger partial charge < -0.3 is 10.2 Å². The van der Waals surface area contributed by atoms with Crippen LogP contribution >= 0.6 is 0 Å². The minimum atomic E-state index is -4.65. The van der Waals surface area contributed by atoms with E-state index in [4.69, 9.17) is 0 Å². The average molecular weight is 491 g/mol. The first-order valence-corrected chi connectivity index (χ1v) is 9.55. The van der Waals surface area contributed by atoms with E-state index in [2.05, 4.69) is 25.5 Å². The van der Waals surface area contributed by atoms with E-state index < -0.39 is 59.5 Å². The largest absolute Gasteiger partial charge is 0.419 e. The van der Waals surface area contributed by atoms with Crippen molar-refractivity contribution in [3.63, 3.8) is 0 Å². The summed E-state index contributed by atoms with van der Waals surface area (Å²) < 4.78 is 92.8. The molecule has 1 amide bonds. The van der Waals surface area contributed by atoms with Gasteiger partial charge in [0.2, 0.25) is 5.95 Å². The summed E-state index contributed by atoms with van der Waals surface area (Å²) in [5.41, 5.74) is -2.23. The smallest absolute Gasteiger partial charge is 0.352 e. The van der Waals surface area contributed by atoms with Crippen LogP contribution in [-0.4, -0.2) is 61.3 Å². The summed E-state index contributed by atoms with van der Waals surface area (Å²) in [7, 11) is 0. The number of amides is 1. The van der Waals surface area contributed by atoms with Gasteiger partial charge in [-0.1, -0.05) is 0 Å². The van der Waals surface area contributed by atoms with E-state index >= 15 is 0 Å². The SMILES string of the molecule is C[C@@H](CNc1ncc(C(F)(F)F)cn1)N(CC(F)F)C(=O)c1cc(F)cc(F)c1-n1nccn1. The van der Waals surface area contributed by atoms with Crippen LogP contribution in [0, 0.1) is 11.6 Å². The molecule has 2 heterocycles. The molecule has 0 unspecified atom stereocenters. The third kappa shape index (κ3) is 5.77. The number of hydrogen-bond donors (Lipinski definition) is 1. The van der Waals surface area contributed by atoms with E-state index in [1.807, 2.05) is 0 Å². The molecule has 0 spiro atoms. The molecular weight excluding hydrogens is 475 g/mol. The molecule has 1 aromatic carbocycles. The number of rotatable bonds is 8. The number of benzene rings is 1. The van der Waals surface area contributed by atoms with Crippen molar-refractivity contribution in [3.05, 3.63) is 59.7 Å². The molecule has 15 heteroatoms. The molecule has 0 saturated carbocycles. The summed E-state index contributed by atoms with van der Waals surface area (Å²) >= 11 is 0. The third-order valence-electron chi connectivity index (χ3n) is 4.54. The summed E-state index contributed by atoms with van der Waals surface area (Å²) in [4.78, 5) is 21.5. The lowest BCUT2D eigenvalue weighted by Gasteiger charge is -2.30. The van der Waals surface area contributed by atoms with Gasteiger partial charge in [-0.3, -0.25) is 4.79 Å². The lowest BCUT2D eigenvalue weighted by molar-refractivity contribution is -0.138. The first-order chi connectivity index (χ1) is 16.0. The standard InChI is InChI=1S/C19H16F7N7O/c1-10(6-27-18-28-7-11(8-29-18)19(24,25)26)32(9-15(22)23)17(34)13-4-12(20)5-14(21)16(13)33-30-2-3-31-33/h2-5,7-8,10,15H,6,9H2,1H3,(H,27,28,29)/t10-/m0/s1. The molecule has 2 aromatic heterocycles. The van der Waals surface area contributed by atoms with Gasteiger partial charge in [-0.2, -0.15) is 23.4 Å². The number of halogens is 7. The van der Waals surface area contributed by atoms with Crippen molar-refractivity contribution >= 4 is 11.9 Å². The summed E-state index contributed by atoms with van der Waals surface area (Å²) in [6, 6.07) is 0.124. The molecule has 0 fully saturated rings. The molecule has 3 rings (SSSR count). The fourth-order valence-electron chi connectivity index (χ4n) is 2.94. The van der Waals surface area contributed by atoms with Crippen LogP contribution in [0.25, 0.3) is 5.69 Å². The maximum Gasteiger partial charge on any atom is 0.419 e. The molecular formula is C19H16F7N7O. The Bertz CT molecular complexity index is 1120. The van der Waals surface area contributed by atoms with Crippen molar-refractivity contribution in [2.24, 2.45) is 0 Å². The van der Waals surface area contributed by atoms with Crippen LogP contribution in [-0.2, 0) is 6.18 Å². The van der Waals surface area contributed by atoms with Crippen LogP contribution in [0.1, 0.15) is 22.8 Å². The minimum Gasteiger partial charge on any atom is -0.352 e. The number of alkyl halides is 5. The van der Waals surface area contributed by atoms with Crippen molar-refractivity contribution < 1.29 is 35.5 Å². The second-order valence-electron chi connectivity index (χ2n) is 6.97. The highest BCUT2D eigenvalue weighted by Crippen LogP contribution is 2.28. The van der Waals surface area contributed by atoms with Crippen molar-refractivity contribution in [1.82, 2.24) is 29.9 Å². The number of carbonyl (C=O) groups is 1. The second kappa shape index (κ2) is 10.0. The zero-order valence-corrected chi connectivity index (χ0v) is 17.3. The van der Waals surface area contributed by atoms with Crippen molar-refractivity contribution in [3.8, 4) is 5.69 Å². The van der Waals surface area contributed by atoms with Gasteiger partial charge in [0.05, 0.1) is 30.1 Å². The molecule has 0 aliphatic heterocycles. The molecule has 34 heavy (non-hydrogen) atoms. The molecule has 0 radical (unpaired) electrons. The lowest BCUT2D eigenvalue weighted by atomic mass is 10.1.